The van der Waals surface area contributed by atoms with Crippen LogP contribution in [-0.4, -0.2) is 38.9 Å². The number of imide groups is 1. The zero-order valence-corrected chi connectivity index (χ0v) is 13.6. The molecular weight excluding hydrogens is 308 g/mol. The number of nitrogens with zero attached hydrogens (tertiary/aromatic N) is 3. The molecule has 7 nitrogen and oxygen atoms in total. The first-order chi connectivity index (χ1) is 11.6. The SMILES string of the molecule is Cn1c(=O)n(C2CCC(=O)NC2=O)c2cccc(CN3CCC3)c21. The largest absolute Gasteiger partial charge is 0.329 e. The van der Waals surface area contributed by atoms with E-state index >= 15 is 0 Å². The molecule has 1 atom stereocenters. The van der Waals surface area contributed by atoms with Crippen LogP contribution < -0.4 is 11.0 Å². The van der Waals surface area contributed by atoms with Crippen molar-refractivity contribution in [3.8, 4) is 0 Å². The summed E-state index contributed by atoms with van der Waals surface area (Å²) in [7, 11) is 1.74. The Morgan fingerprint density at radius 3 is 2.67 bits per heavy atom. The predicted octanol–water partition coefficient (Wildman–Crippen LogP) is 0.523. The van der Waals surface area contributed by atoms with Crippen molar-refractivity contribution in [2.45, 2.75) is 31.8 Å². The summed E-state index contributed by atoms with van der Waals surface area (Å²) in [6.45, 7) is 2.97. The molecule has 2 aliphatic rings. The molecule has 2 aliphatic heterocycles. The molecule has 0 bridgehead atoms. The summed E-state index contributed by atoms with van der Waals surface area (Å²) < 4.78 is 3.16. The first kappa shape index (κ1) is 15.1. The fourth-order valence-electron chi connectivity index (χ4n) is 3.66. The van der Waals surface area contributed by atoms with Gasteiger partial charge in [0.2, 0.25) is 11.8 Å². The number of para-hydroxylation sites is 1. The average molecular weight is 328 g/mol. The summed E-state index contributed by atoms with van der Waals surface area (Å²) in [5.74, 6) is -0.669. The highest BCUT2D eigenvalue weighted by molar-refractivity contribution is 6.00. The highest BCUT2D eigenvalue weighted by Gasteiger charge is 2.31. The maximum absolute atomic E-state index is 12.8. The van der Waals surface area contributed by atoms with Crippen molar-refractivity contribution in [1.29, 1.82) is 0 Å². The normalized spacial score (nSPS) is 21.8. The van der Waals surface area contributed by atoms with Gasteiger partial charge in [-0.3, -0.25) is 28.9 Å². The van der Waals surface area contributed by atoms with Crippen molar-refractivity contribution < 1.29 is 9.59 Å². The number of aryl methyl sites for hydroxylation is 1. The monoisotopic (exact) mass is 328 g/mol. The molecule has 2 saturated heterocycles. The second kappa shape index (κ2) is 5.59. The molecule has 2 amide bonds. The predicted molar refractivity (Wildman–Crippen MR) is 88.5 cm³/mol. The van der Waals surface area contributed by atoms with Gasteiger partial charge in [-0.05, 0) is 37.6 Å². The maximum Gasteiger partial charge on any atom is 0.329 e. The molecule has 126 valence electrons. The van der Waals surface area contributed by atoms with Gasteiger partial charge in [0, 0.05) is 20.0 Å². The molecule has 1 aromatic carbocycles. The van der Waals surface area contributed by atoms with E-state index in [2.05, 4.69) is 10.2 Å². The number of carbonyl (C=O) groups is 2. The third kappa shape index (κ3) is 2.27. The van der Waals surface area contributed by atoms with Gasteiger partial charge in [-0.25, -0.2) is 4.79 Å². The summed E-state index contributed by atoms with van der Waals surface area (Å²) in [5.41, 5.74) is 2.52. The van der Waals surface area contributed by atoms with Gasteiger partial charge in [0.25, 0.3) is 0 Å². The van der Waals surface area contributed by atoms with Crippen molar-refractivity contribution in [2.24, 2.45) is 7.05 Å². The van der Waals surface area contributed by atoms with E-state index in [1.165, 1.54) is 11.0 Å². The molecule has 1 aromatic heterocycles. The summed E-state index contributed by atoms with van der Waals surface area (Å²) in [4.78, 5) is 38.7. The van der Waals surface area contributed by atoms with Crippen molar-refractivity contribution in [3.63, 3.8) is 0 Å². The fraction of sp³-hybridized carbons (Fsp3) is 0.471. The Balaban J connectivity index is 1.83. The second-order valence-corrected chi connectivity index (χ2v) is 6.59. The van der Waals surface area contributed by atoms with E-state index in [1.807, 2.05) is 18.2 Å². The second-order valence-electron chi connectivity index (χ2n) is 6.59. The molecule has 4 rings (SSSR count). The van der Waals surface area contributed by atoms with Crippen molar-refractivity contribution in [3.05, 3.63) is 34.2 Å². The van der Waals surface area contributed by atoms with Gasteiger partial charge in [-0.1, -0.05) is 12.1 Å². The van der Waals surface area contributed by atoms with Crippen LogP contribution in [0, 0.1) is 0 Å². The highest BCUT2D eigenvalue weighted by Crippen LogP contribution is 2.26. The Morgan fingerprint density at radius 1 is 1.21 bits per heavy atom. The molecule has 0 aliphatic carbocycles. The minimum Gasteiger partial charge on any atom is -0.299 e. The van der Waals surface area contributed by atoms with E-state index in [-0.39, 0.29) is 18.0 Å². The molecule has 3 heterocycles. The number of aromatic nitrogens is 2. The lowest BCUT2D eigenvalue weighted by atomic mass is 10.1. The number of benzene rings is 1. The smallest absolute Gasteiger partial charge is 0.299 e. The maximum atomic E-state index is 12.8. The van der Waals surface area contributed by atoms with Gasteiger partial charge in [0.15, 0.2) is 0 Å². The van der Waals surface area contributed by atoms with Crippen LogP contribution in [0.2, 0.25) is 0 Å². The van der Waals surface area contributed by atoms with E-state index < -0.39 is 11.9 Å². The van der Waals surface area contributed by atoms with Gasteiger partial charge < -0.3 is 0 Å². The van der Waals surface area contributed by atoms with E-state index in [4.69, 9.17) is 0 Å². The minimum atomic E-state index is -0.627. The zero-order valence-electron chi connectivity index (χ0n) is 13.6. The standard InChI is InChI=1S/C17H20N4O3/c1-19-15-11(10-20-8-3-9-20)4-2-5-12(15)21(17(19)24)13-6-7-14(22)18-16(13)23/h2,4-5,13H,3,6-10H2,1H3,(H,18,22,23). The molecule has 1 unspecified atom stereocenters. The highest BCUT2D eigenvalue weighted by atomic mass is 16.2. The number of carbonyl (C=O) groups excluding carboxylic acids is 2. The summed E-state index contributed by atoms with van der Waals surface area (Å²) in [6.07, 6.45) is 1.83. The number of rotatable bonds is 3. The number of hydrogen-bond acceptors (Lipinski definition) is 4. The van der Waals surface area contributed by atoms with E-state index in [9.17, 15) is 14.4 Å². The van der Waals surface area contributed by atoms with Crippen LogP contribution in [0.15, 0.2) is 23.0 Å². The lowest BCUT2D eigenvalue weighted by Gasteiger charge is -2.30. The third-order valence-corrected chi connectivity index (χ3v) is 5.05. The van der Waals surface area contributed by atoms with E-state index in [0.29, 0.717) is 6.42 Å². The lowest BCUT2D eigenvalue weighted by molar-refractivity contribution is -0.135. The summed E-state index contributed by atoms with van der Waals surface area (Å²) in [6, 6.07) is 5.21. The Morgan fingerprint density at radius 2 is 2.00 bits per heavy atom. The Bertz CT molecular complexity index is 891. The Labute approximate surface area is 138 Å². The molecule has 1 N–H and O–H groups in total. The van der Waals surface area contributed by atoms with Crippen LogP contribution in [-0.2, 0) is 23.2 Å². The lowest BCUT2D eigenvalue weighted by Crippen LogP contribution is -2.44. The number of nitrogens with one attached hydrogen (secondary N) is 1. The average Bonchev–Trinajstić information content (AvgIpc) is 2.76. The fourth-order valence-corrected chi connectivity index (χ4v) is 3.66. The zero-order chi connectivity index (χ0) is 16.8. The molecule has 24 heavy (non-hydrogen) atoms. The number of likely N-dealkylation sites (tertiary alicyclic amines) is 1. The van der Waals surface area contributed by atoms with Gasteiger partial charge in [-0.2, -0.15) is 0 Å². The Kier molecular flexibility index (Phi) is 3.53. The molecular formula is C17H20N4O3. The molecule has 2 aromatic rings. The molecule has 2 fully saturated rings. The van der Waals surface area contributed by atoms with Crippen LogP contribution in [0.4, 0.5) is 0 Å². The quantitative estimate of drug-likeness (QED) is 0.834. The first-order valence-corrected chi connectivity index (χ1v) is 8.31. The first-order valence-electron chi connectivity index (χ1n) is 8.31. The van der Waals surface area contributed by atoms with Crippen molar-refractivity contribution >= 4 is 22.8 Å². The summed E-state index contributed by atoms with van der Waals surface area (Å²) >= 11 is 0. The van der Waals surface area contributed by atoms with Crippen LogP contribution in [0.5, 0.6) is 0 Å². The van der Waals surface area contributed by atoms with Gasteiger partial charge in [0.1, 0.15) is 6.04 Å². The number of imidazole rings is 1. The van der Waals surface area contributed by atoms with Gasteiger partial charge in [0.05, 0.1) is 11.0 Å². The van der Waals surface area contributed by atoms with Gasteiger partial charge >= 0.3 is 5.69 Å². The molecule has 0 saturated carbocycles. The van der Waals surface area contributed by atoms with Gasteiger partial charge in [-0.15, -0.1) is 0 Å². The van der Waals surface area contributed by atoms with Crippen LogP contribution >= 0.6 is 0 Å². The van der Waals surface area contributed by atoms with Crippen molar-refractivity contribution in [1.82, 2.24) is 19.4 Å². The van der Waals surface area contributed by atoms with E-state index in [1.54, 1.807) is 11.6 Å². The topological polar surface area (TPSA) is 76.3 Å². The minimum absolute atomic E-state index is 0.212. The van der Waals surface area contributed by atoms with Crippen LogP contribution in [0.1, 0.15) is 30.9 Å². The molecule has 0 radical (unpaired) electrons. The number of hydrogen-bond donors (Lipinski definition) is 1. The number of fused-ring (bicyclic) bond motifs is 1. The molecule has 0 spiro atoms. The number of amides is 2. The van der Waals surface area contributed by atoms with Crippen molar-refractivity contribution in [2.75, 3.05) is 13.1 Å². The Hall–Kier alpha value is -2.41. The van der Waals surface area contributed by atoms with Crippen LogP contribution in [0.25, 0.3) is 11.0 Å². The number of piperidine rings is 1. The third-order valence-electron chi connectivity index (χ3n) is 5.05. The summed E-state index contributed by atoms with van der Waals surface area (Å²) in [5, 5.41) is 2.34. The van der Waals surface area contributed by atoms with Crippen LogP contribution in [0.3, 0.4) is 0 Å². The molecule has 7 heteroatoms. The van der Waals surface area contributed by atoms with E-state index in [0.717, 1.165) is 36.2 Å².